The lowest BCUT2D eigenvalue weighted by atomic mass is 10.1. The maximum atomic E-state index is 13.0. The van der Waals surface area contributed by atoms with Gasteiger partial charge >= 0.3 is 17.9 Å². The van der Waals surface area contributed by atoms with Gasteiger partial charge in [0.05, 0.1) is 34.4 Å². The zero-order chi connectivity index (χ0) is 74.6. The predicted molar refractivity (Wildman–Crippen MR) is 446 cm³/mol. The van der Waals surface area contributed by atoms with E-state index in [9.17, 15) is 19.5 Å². The molecule has 2 unspecified atom stereocenters. The van der Waals surface area contributed by atoms with Crippen molar-refractivity contribution in [1.29, 1.82) is 0 Å². The molecule has 0 aliphatic heterocycles. The molecule has 0 aromatic carbocycles. The highest BCUT2D eigenvalue weighted by atomic mass is 16.7. The molecule has 0 amide bonds. The van der Waals surface area contributed by atoms with Gasteiger partial charge in [-0.05, 0) is 167 Å². The van der Waals surface area contributed by atoms with Gasteiger partial charge in [-0.3, -0.25) is 9.59 Å². The van der Waals surface area contributed by atoms with Crippen LogP contribution < -0.4 is 0 Å². The molecule has 0 aromatic heterocycles. The van der Waals surface area contributed by atoms with Gasteiger partial charge in [-0.25, -0.2) is 4.79 Å². The van der Waals surface area contributed by atoms with Crippen molar-refractivity contribution >= 4 is 17.9 Å². The van der Waals surface area contributed by atoms with E-state index in [1.165, 1.54) is 51.4 Å². The third kappa shape index (κ3) is 82.3. The van der Waals surface area contributed by atoms with E-state index in [-0.39, 0.29) is 38.6 Å². The summed E-state index contributed by atoms with van der Waals surface area (Å²) >= 11 is 0. The Balaban J connectivity index is 4.20. The predicted octanol–water partition coefficient (Wildman–Crippen LogP) is 26.4. The summed E-state index contributed by atoms with van der Waals surface area (Å²) in [5.41, 5.74) is 0. The SMILES string of the molecule is CC/C=C\C/C=C\C/C=C\C/C=C\C/C=C\C/C=C\C/C=C\C/C=C\C/C=C\C/C=C\CCCCCCCCCCC(=O)OCC(COC(OCC[N+](C)(C)C)C(=O)O)OC(=O)CCCCCCCCCC/C=C\C/C=C\C/C=C\C/C=C\C/C=C\C/C=C\C/C=C\C/C=C\C/C=C\C/C=C\CC. The second-order valence-electron chi connectivity index (χ2n) is 26.9. The molecule has 0 aliphatic rings. The first-order valence-electron chi connectivity index (χ1n) is 40.2. The van der Waals surface area contributed by atoms with Crippen LogP contribution in [-0.4, -0.2) is 87.4 Å². The molecule has 0 radical (unpaired) electrons. The first kappa shape index (κ1) is 96.1. The minimum absolute atomic E-state index is 0.172. The second kappa shape index (κ2) is 80.8. The Morgan fingerprint density at radius 3 is 0.777 bits per heavy atom. The van der Waals surface area contributed by atoms with Crippen LogP contribution in [0.3, 0.4) is 0 Å². The number of hydrogen-bond acceptors (Lipinski definition) is 7. The van der Waals surface area contributed by atoms with Crippen LogP contribution in [0.2, 0.25) is 0 Å². The lowest BCUT2D eigenvalue weighted by molar-refractivity contribution is -0.870. The van der Waals surface area contributed by atoms with E-state index in [1.807, 2.05) is 21.1 Å². The molecule has 0 saturated carbocycles. The normalized spacial score (nSPS) is 14.0. The number of carbonyl (C=O) groups is 3. The molecular weight excluding hydrogens is 1270 g/mol. The number of quaternary nitrogens is 1. The van der Waals surface area contributed by atoms with Gasteiger partial charge in [0, 0.05) is 12.8 Å². The van der Waals surface area contributed by atoms with Crippen LogP contribution in [0.25, 0.3) is 0 Å². The summed E-state index contributed by atoms with van der Waals surface area (Å²) in [6.45, 7) is 4.60. The van der Waals surface area contributed by atoms with Crippen LogP contribution in [0.4, 0.5) is 0 Å². The third-order valence-electron chi connectivity index (χ3n) is 16.1. The van der Waals surface area contributed by atoms with Crippen LogP contribution in [-0.2, 0) is 33.3 Å². The fourth-order valence-electron chi connectivity index (χ4n) is 10.1. The standard InChI is InChI=1S/C94H145NO8/c1-6-8-10-12-14-16-18-20-22-24-26-28-30-32-34-36-38-40-42-44-46-48-50-52-54-56-58-60-62-64-66-68-70-72-74-76-78-80-82-84-91(96)101-88-90(89-102-94(93(98)99)100-87-86-95(3,4)5)103-92(97)85-83-81-79-77-75-73-71-69-67-65-63-61-59-57-55-53-51-49-47-45-43-41-39-37-35-33-31-29-27-25-23-21-19-17-15-13-11-9-7-2/h8-11,14-17,20-23,26-29,32-35,38-41,44-47,50-53,56-59,62-65,90,94H,6-7,12-13,18-19,24-25,30-31,36-37,42-43,48-49,54-55,60-61,66-89H2,1-5H3/p+1/b10-8-,11-9-,16-14-,17-15-,22-20-,23-21-,28-26-,29-27-,34-32-,35-33-,40-38-,41-39-,46-44-,47-45-,52-50-,53-51-,58-56-,59-57-,64-62-,65-63-. The molecule has 574 valence electrons. The van der Waals surface area contributed by atoms with E-state index in [2.05, 4.69) is 257 Å². The van der Waals surface area contributed by atoms with Crippen LogP contribution >= 0.6 is 0 Å². The third-order valence-corrected chi connectivity index (χ3v) is 16.1. The van der Waals surface area contributed by atoms with E-state index in [4.69, 9.17) is 18.9 Å². The molecule has 0 spiro atoms. The minimum Gasteiger partial charge on any atom is -0.477 e. The molecular formula is C94H146NO8+. The molecule has 0 aliphatic carbocycles. The Hall–Kier alpha value is -6.91. The fraction of sp³-hybridized carbons (Fsp3) is 0.543. The highest BCUT2D eigenvalue weighted by molar-refractivity contribution is 5.71. The molecule has 9 heteroatoms. The number of carboxylic acids is 1. The number of aliphatic carboxylic acids is 1. The molecule has 0 fully saturated rings. The van der Waals surface area contributed by atoms with Crippen LogP contribution in [0, 0.1) is 0 Å². The van der Waals surface area contributed by atoms with Gasteiger partial charge in [0.15, 0.2) is 6.10 Å². The van der Waals surface area contributed by atoms with E-state index in [0.29, 0.717) is 17.4 Å². The van der Waals surface area contributed by atoms with Crippen molar-refractivity contribution in [1.82, 2.24) is 0 Å². The van der Waals surface area contributed by atoms with E-state index >= 15 is 0 Å². The number of likely N-dealkylation sites (N-methyl/N-ethyl adjacent to an activating group) is 1. The molecule has 1 N–H and O–H groups in total. The first-order chi connectivity index (χ1) is 50.6. The molecule has 0 bridgehead atoms. The highest BCUT2D eigenvalue weighted by Gasteiger charge is 2.25. The van der Waals surface area contributed by atoms with Gasteiger partial charge in [-0.2, -0.15) is 0 Å². The number of ether oxygens (including phenoxy) is 4. The summed E-state index contributed by atoms with van der Waals surface area (Å²) in [7, 11) is 5.96. The molecule has 2 atom stereocenters. The summed E-state index contributed by atoms with van der Waals surface area (Å²) in [6.07, 6.45) is 127. The van der Waals surface area contributed by atoms with Crippen molar-refractivity contribution in [2.75, 3.05) is 47.5 Å². The van der Waals surface area contributed by atoms with Gasteiger partial charge in [0.25, 0.3) is 6.29 Å². The van der Waals surface area contributed by atoms with Crippen LogP contribution in [0.15, 0.2) is 243 Å². The lowest BCUT2D eigenvalue weighted by Crippen LogP contribution is -2.40. The average molecular weight is 1420 g/mol. The molecule has 103 heavy (non-hydrogen) atoms. The van der Waals surface area contributed by atoms with Gasteiger partial charge in [-0.15, -0.1) is 0 Å². The number of allylic oxidation sites excluding steroid dienone is 40. The van der Waals surface area contributed by atoms with Gasteiger partial charge < -0.3 is 28.5 Å². The molecule has 0 heterocycles. The molecule has 9 nitrogen and oxygen atoms in total. The first-order valence-corrected chi connectivity index (χ1v) is 40.2. The number of carbonyl (C=O) groups excluding carboxylic acids is 2. The number of carboxylic acid groups (broad SMARTS) is 1. The maximum absolute atomic E-state index is 13.0. The Bertz CT molecular complexity index is 2610. The van der Waals surface area contributed by atoms with Crippen LogP contribution in [0.5, 0.6) is 0 Å². The molecule has 0 saturated heterocycles. The summed E-state index contributed by atoms with van der Waals surface area (Å²) in [6, 6.07) is 0. The number of unbranched alkanes of at least 4 members (excludes halogenated alkanes) is 16. The maximum Gasteiger partial charge on any atom is 0.361 e. The fourth-order valence-corrected chi connectivity index (χ4v) is 10.1. The van der Waals surface area contributed by atoms with Gasteiger partial charge in [0.1, 0.15) is 13.2 Å². The zero-order valence-corrected chi connectivity index (χ0v) is 65.6. The Morgan fingerprint density at radius 2 is 0.524 bits per heavy atom. The second-order valence-corrected chi connectivity index (χ2v) is 26.9. The minimum atomic E-state index is -1.53. The smallest absolute Gasteiger partial charge is 0.361 e. The zero-order valence-electron chi connectivity index (χ0n) is 65.6. The molecule has 0 rings (SSSR count). The van der Waals surface area contributed by atoms with Crippen molar-refractivity contribution < 1.29 is 42.9 Å². The monoisotopic (exact) mass is 1420 g/mol. The van der Waals surface area contributed by atoms with Crippen molar-refractivity contribution in [2.24, 2.45) is 0 Å². The summed E-state index contributed by atoms with van der Waals surface area (Å²) in [4.78, 5) is 37.8. The summed E-state index contributed by atoms with van der Waals surface area (Å²) in [5, 5.41) is 9.78. The summed E-state index contributed by atoms with van der Waals surface area (Å²) < 4.78 is 23.0. The number of hydrogen-bond donors (Lipinski definition) is 1. The van der Waals surface area contributed by atoms with Crippen molar-refractivity contribution in [2.45, 2.75) is 283 Å². The lowest BCUT2D eigenvalue weighted by Gasteiger charge is -2.25. The average Bonchev–Trinajstić information content (AvgIpc) is 1.06. The topological polar surface area (TPSA) is 108 Å². The quantitative estimate of drug-likeness (QED) is 0.0211. The van der Waals surface area contributed by atoms with Crippen LogP contribution in [0.1, 0.15) is 271 Å². The van der Waals surface area contributed by atoms with Gasteiger partial charge in [-0.1, -0.05) is 334 Å². The number of rotatable bonds is 71. The molecule has 0 aromatic rings. The largest absolute Gasteiger partial charge is 0.477 e. The highest BCUT2D eigenvalue weighted by Crippen LogP contribution is 2.15. The van der Waals surface area contributed by atoms with Gasteiger partial charge in [0.2, 0.25) is 0 Å². The van der Waals surface area contributed by atoms with Crippen molar-refractivity contribution in [3.8, 4) is 0 Å². The van der Waals surface area contributed by atoms with Crippen molar-refractivity contribution in [3.63, 3.8) is 0 Å². The number of esters is 2. The van der Waals surface area contributed by atoms with E-state index in [0.717, 1.165) is 186 Å². The Labute approximate surface area is 631 Å². The Kier molecular flexibility index (Phi) is 75.4. The van der Waals surface area contributed by atoms with Crippen molar-refractivity contribution in [3.05, 3.63) is 243 Å². The van der Waals surface area contributed by atoms with E-state index < -0.39 is 24.3 Å². The Morgan fingerprint density at radius 1 is 0.291 bits per heavy atom. The van der Waals surface area contributed by atoms with E-state index in [1.54, 1.807) is 0 Å². The number of nitrogens with zero attached hydrogens (tertiary/aromatic N) is 1. The summed E-state index contributed by atoms with van der Waals surface area (Å²) in [5.74, 6) is -2.05.